The fourth-order valence-corrected chi connectivity index (χ4v) is 3.10. The minimum absolute atomic E-state index is 0.654. The fourth-order valence-electron chi connectivity index (χ4n) is 2.32. The van der Waals surface area contributed by atoms with E-state index in [9.17, 15) is 0 Å². The quantitative estimate of drug-likeness (QED) is 0.707. The molecule has 0 radical (unpaired) electrons. The van der Waals surface area contributed by atoms with E-state index >= 15 is 0 Å². The summed E-state index contributed by atoms with van der Waals surface area (Å²) in [6, 6.07) is 22.0. The molecule has 0 saturated carbocycles. The maximum atomic E-state index is 6.20. The lowest BCUT2D eigenvalue weighted by molar-refractivity contribution is 1.22. The zero-order valence-electron chi connectivity index (χ0n) is 12.6. The van der Waals surface area contributed by atoms with E-state index in [4.69, 9.17) is 5.73 Å². The highest BCUT2D eigenvalue weighted by Crippen LogP contribution is 2.26. The van der Waals surface area contributed by atoms with Crippen LogP contribution in [0, 0.1) is 0 Å². The Hall–Kier alpha value is -2.59. The smallest absolute Gasteiger partial charge is 0.0990 e. The second kappa shape index (κ2) is 7.11. The zero-order valence-corrected chi connectivity index (χ0v) is 13.5. The molecule has 23 heavy (non-hydrogen) atoms. The summed E-state index contributed by atoms with van der Waals surface area (Å²) in [5.41, 5.74) is 9.88. The molecule has 0 bridgehead atoms. The van der Waals surface area contributed by atoms with Crippen LogP contribution in [0.4, 0.5) is 0 Å². The number of rotatable bonds is 5. The lowest BCUT2D eigenvalue weighted by Gasteiger charge is -2.08. The molecule has 0 atom stereocenters. The van der Waals surface area contributed by atoms with Crippen LogP contribution in [0.15, 0.2) is 76.8 Å². The van der Waals surface area contributed by atoms with Gasteiger partial charge in [0.25, 0.3) is 0 Å². The Morgan fingerprint density at radius 1 is 1.00 bits per heavy atom. The molecular formula is C19H17N3S. The van der Waals surface area contributed by atoms with Gasteiger partial charge in [-0.25, -0.2) is 0 Å². The first-order chi connectivity index (χ1) is 11.3. The van der Waals surface area contributed by atoms with Gasteiger partial charge in [0, 0.05) is 16.7 Å². The van der Waals surface area contributed by atoms with Crippen molar-refractivity contribution in [2.45, 2.75) is 5.75 Å². The average Bonchev–Trinajstić information content (AvgIpc) is 2.61. The maximum Gasteiger partial charge on any atom is 0.0990 e. The third-order valence-electron chi connectivity index (χ3n) is 3.47. The molecule has 0 amide bonds. The minimum atomic E-state index is 0.654. The highest BCUT2D eigenvalue weighted by Gasteiger charge is 2.06. The first kappa shape index (κ1) is 15.3. The van der Waals surface area contributed by atoms with Crippen LogP contribution in [0.3, 0.4) is 0 Å². The van der Waals surface area contributed by atoms with Crippen molar-refractivity contribution in [1.82, 2.24) is 4.98 Å². The van der Waals surface area contributed by atoms with Crippen LogP contribution in [0.1, 0.15) is 11.3 Å². The van der Waals surface area contributed by atoms with E-state index in [0.717, 1.165) is 27.9 Å². The average molecular weight is 319 g/mol. The maximum absolute atomic E-state index is 6.20. The monoisotopic (exact) mass is 319 g/mol. The number of pyridine rings is 1. The Bertz CT molecular complexity index is 857. The lowest BCUT2D eigenvalue weighted by atomic mass is 10.2. The second-order valence-electron chi connectivity index (χ2n) is 5.02. The Morgan fingerprint density at radius 3 is 2.52 bits per heavy atom. The molecule has 1 aromatic heterocycles. The van der Waals surface area contributed by atoms with Gasteiger partial charge < -0.3 is 5.73 Å². The largest absolute Gasteiger partial charge is 0.392 e. The summed E-state index contributed by atoms with van der Waals surface area (Å²) in [6.45, 7) is 3.64. The Morgan fingerprint density at radius 2 is 1.74 bits per heavy atom. The molecule has 2 aromatic carbocycles. The molecule has 0 unspecified atom stereocenters. The van der Waals surface area contributed by atoms with Crippen LogP contribution in [0.2, 0.25) is 0 Å². The number of hydrogen-bond donors (Lipinski definition) is 1. The van der Waals surface area contributed by atoms with Crippen molar-refractivity contribution in [3.63, 3.8) is 0 Å². The number of fused-ring (bicyclic) bond motifs is 1. The molecule has 0 saturated heterocycles. The topological polar surface area (TPSA) is 51.3 Å². The Labute approximate surface area is 140 Å². The van der Waals surface area contributed by atoms with E-state index in [1.54, 1.807) is 0 Å². The summed E-state index contributed by atoms with van der Waals surface area (Å²) in [6.07, 6.45) is 0. The van der Waals surface area contributed by atoms with Gasteiger partial charge in [-0.2, -0.15) is 0 Å². The summed E-state index contributed by atoms with van der Waals surface area (Å²) >= 11 is 1.53. The molecule has 3 rings (SSSR count). The normalized spacial score (nSPS) is 12.0. The molecule has 4 heteroatoms. The standard InChI is InChI=1S/C19H17N3S/c1-21-18(15-8-3-2-4-9-15)19(20)23-13-16-12-11-14-7-5-6-10-17(14)22-16/h2-12H,1,13,20H2/b19-18-. The molecule has 0 aliphatic carbocycles. The van der Waals surface area contributed by atoms with Crippen molar-refractivity contribution >= 4 is 35.1 Å². The molecule has 114 valence electrons. The van der Waals surface area contributed by atoms with Gasteiger partial charge in [0.2, 0.25) is 0 Å². The third-order valence-corrected chi connectivity index (χ3v) is 4.41. The number of thioether (sulfide) groups is 1. The van der Waals surface area contributed by atoms with Crippen molar-refractivity contribution in [3.8, 4) is 0 Å². The highest BCUT2D eigenvalue weighted by atomic mass is 32.2. The first-order valence-electron chi connectivity index (χ1n) is 7.27. The van der Waals surface area contributed by atoms with Crippen molar-refractivity contribution < 1.29 is 0 Å². The number of aliphatic imine (C=N–C) groups is 1. The zero-order chi connectivity index (χ0) is 16.1. The molecular weight excluding hydrogens is 302 g/mol. The van der Waals surface area contributed by atoms with Crippen LogP contribution in [0.25, 0.3) is 16.6 Å². The molecule has 0 spiro atoms. The highest BCUT2D eigenvalue weighted by molar-refractivity contribution is 8.02. The number of para-hydroxylation sites is 1. The summed E-state index contributed by atoms with van der Waals surface area (Å²) in [5, 5.41) is 1.80. The first-order valence-corrected chi connectivity index (χ1v) is 8.26. The van der Waals surface area contributed by atoms with Crippen molar-refractivity contribution in [3.05, 3.63) is 83.0 Å². The number of nitrogens with two attached hydrogens (primary N) is 1. The van der Waals surface area contributed by atoms with Crippen LogP contribution >= 0.6 is 11.8 Å². The van der Waals surface area contributed by atoms with Gasteiger partial charge in [-0.05, 0) is 18.9 Å². The second-order valence-corrected chi connectivity index (χ2v) is 6.04. The number of nitrogens with zero attached hydrogens (tertiary/aromatic N) is 2. The number of benzene rings is 2. The summed E-state index contributed by atoms with van der Waals surface area (Å²) < 4.78 is 0. The summed E-state index contributed by atoms with van der Waals surface area (Å²) in [7, 11) is 0. The van der Waals surface area contributed by atoms with E-state index in [1.807, 2.05) is 54.6 Å². The molecule has 1 heterocycles. The van der Waals surface area contributed by atoms with E-state index in [1.165, 1.54) is 11.8 Å². The van der Waals surface area contributed by atoms with E-state index in [2.05, 4.69) is 28.8 Å². The summed E-state index contributed by atoms with van der Waals surface area (Å²) in [5.74, 6) is 0.697. The molecule has 0 aliphatic rings. The minimum Gasteiger partial charge on any atom is -0.392 e. The van der Waals surface area contributed by atoms with Crippen molar-refractivity contribution in [2.24, 2.45) is 10.7 Å². The SMILES string of the molecule is C=N/C(=C(/N)SCc1ccc2ccccc2n1)c1ccccc1. The third kappa shape index (κ3) is 3.60. The Kier molecular flexibility index (Phi) is 4.74. The molecule has 2 N–H and O–H groups in total. The molecule has 3 nitrogen and oxygen atoms in total. The van der Waals surface area contributed by atoms with E-state index < -0.39 is 0 Å². The molecule has 0 fully saturated rings. The van der Waals surface area contributed by atoms with Gasteiger partial charge in [0.15, 0.2) is 0 Å². The van der Waals surface area contributed by atoms with Gasteiger partial charge in [-0.3, -0.25) is 9.98 Å². The van der Waals surface area contributed by atoms with Crippen LogP contribution in [0.5, 0.6) is 0 Å². The van der Waals surface area contributed by atoms with Crippen LogP contribution in [-0.4, -0.2) is 11.7 Å². The Balaban J connectivity index is 1.80. The molecule has 3 aromatic rings. The van der Waals surface area contributed by atoms with Crippen LogP contribution < -0.4 is 5.73 Å². The number of hydrogen-bond acceptors (Lipinski definition) is 4. The van der Waals surface area contributed by atoms with Crippen molar-refractivity contribution in [2.75, 3.05) is 0 Å². The van der Waals surface area contributed by atoms with E-state index in [-0.39, 0.29) is 0 Å². The van der Waals surface area contributed by atoms with Gasteiger partial charge in [-0.1, -0.05) is 54.6 Å². The van der Waals surface area contributed by atoms with E-state index in [0.29, 0.717) is 10.8 Å². The van der Waals surface area contributed by atoms with Gasteiger partial charge in [-0.15, -0.1) is 11.8 Å². The van der Waals surface area contributed by atoms with Gasteiger partial charge in [0.1, 0.15) is 0 Å². The van der Waals surface area contributed by atoms with Crippen molar-refractivity contribution in [1.29, 1.82) is 0 Å². The predicted octanol–water partition coefficient (Wildman–Crippen LogP) is 4.45. The number of aromatic nitrogens is 1. The lowest BCUT2D eigenvalue weighted by Crippen LogP contribution is -1.99. The predicted molar refractivity (Wildman–Crippen MR) is 100 cm³/mol. The van der Waals surface area contributed by atoms with Gasteiger partial charge >= 0.3 is 0 Å². The fraction of sp³-hybridized carbons (Fsp3) is 0.0526. The van der Waals surface area contributed by atoms with Crippen LogP contribution in [-0.2, 0) is 5.75 Å². The summed E-state index contributed by atoms with van der Waals surface area (Å²) in [4.78, 5) is 8.74. The molecule has 0 aliphatic heterocycles. The van der Waals surface area contributed by atoms with Gasteiger partial charge in [0.05, 0.1) is 21.9 Å².